The molecule has 166 valence electrons. The highest BCUT2D eigenvalue weighted by molar-refractivity contribution is 7.93. The van der Waals surface area contributed by atoms with Crippen LogP contribution in [0.4, 0.5) is 11.4 Å². The van der Waals surface area contributed by atoms with E-state index in [0.717, 1.165) is 9.69 Å². The van der Waals surface area contributed by atoms with Gasteiger partial charge in [0.05, 0.1) is 43.2 Å². The number of ether oxygens (including phenoxy) is 3. The van der Waals surface area contributed by atoms with Crippen molar-refractivity contribution in [2.24, 2.45) is 0 Å². The molecule has 0 fully saturated rings. The van der Waals surface area contributed by atoms with Crippen molar-refractivity contribution in [2.75, 3.05) is 37.5 Å². The van der Waals surface area contributed by atoms with E-state index in [9.17, 15) is 18.0 Å². The molecule has 0 aliphatic carbocycles. The number of nitrogens with one attached hydrogen (secondary N) is 1. The Bertz CT molecular complexity index is 1350. The third-order valence-electron chi connectivity index (χ3n) is 5.17. The van der Waals surface area contributed by atoms with E-state index in [1.165, 1.54) is 39.5 Å². The van der Waals surface area contributed by atoms with Gasteiger partial charge in [-0.05, 0) is 17.5 Å². The van der Waals surface area contributed by atoms with Crippen LogP contribution in [0.3, 0.4) is 0 Å². The van der Waals surface area contributed by atoms with Gasteiger partial charge in [0.2, 0.25) is 5.91 Å². The number of hydrogen-bond acceptors (Lipinski definition) is 7. The number of benzene rings is 3. The monoisotopic (exact) mass is 456 g/mol. The van der Waals surface area contributed by atoms with Gasteiger partial charge < -0.3 is 19.5 Å². The van der Waals surface area contributed by atoms with Crippen LogP contribution in [0.25, 0.3) is 10.8 Å². The lowest BCUT2D eigenvalue weighted by atomic mass is 10.1. The standard InChI is InChI=1S/C22H20N2O7S/c1-29-17-10-14(22(26)31-3)15(11-18(17)30-2)23-20(25)12-24-16-8-4-6-13-7-5-9-19(21(13)16)32(24,27)28/h4-11H,12H2,1-3H3,(H,23,25). The molecule has 0 atom stereocenters. The number of esters is 1. The lowest BCUT2D eigenvalue weighted by Crippen LogP contribution is -2.35. The van der Waals surface area contributed by atoms with Gasteiger partial charge in [0.15, 0.2) is 11.5 Å². The summed E-state index contributed by atoms with van der Waals surface area (Å²) in [5.74, 6) is -0.792. The van der Waals surface area contributed by atoms with Crippen LogP contribution >= 0.6 is 0 Å². The van der Waals surface area contributed by atoms with Crippen molar-refractivity contribution >= 4 is 44.0 Å². The van der Waals surface area contributed by atoms with Crippen molar-refractivity contribution in [2.45, 2.75) is 4.90 Å². The smallest absolute Gasteiger partial charge is 0.340 e. The first kappa shape index (κ1) is 21.4. The number of anilines is 2. The van der Waals surface area contributed by atoms with Gasteiger partial charge in [0, 0.05) is 17.5 Å². The molecule has 1 aliphatic rings. The summed E-state index contributed by atoms with van der Waals surface area (Å²) >= 11 is 0. The van der Waals surface area contributed by atoms with E-state index in [0.29, 0.717) is 11.1 Å². The fourth-order valence-electron chi connectivity index (χ4n) is 3.71. The highest BCUT2D eigenvalue weighted by Gasteiger charge is 2.36. The molecule has 10 heteroatoms. The summed E-state index contributed by atoms with van der Waals surface area (Å²) in [6, 6.07) is 13.0. The Morgan fingerprint density at radius 2 is 1.62 bits per heavy atom. The van der Waals surface area contributed by atoms with Gasteiger partial charge in [-0.15, -0.1) is 0 Å². The summed E-state index contributed by atoms with van der Waals surface area (Å²) < 4.78 is 42.5. The van der Waals surface area contributed by atoms with E-state index >= 15 is 0 Å². The number of methoxy groups -OCH3 is 3. The summed E-state index contributed by atoms with van der Waals surface area (Å²) in [5.41, 5.74) is 0.564. The average Bonchev–Trinajstić information content (AvgIpc) is 3.01. The fourth-order valence-corrected chi connectivity index (χ4v) is 5.38. The Labute approximate surface area is 184 Å². The van der Waals surface area contributed by atoms with Crippen LogP contribution in [0.1, 0.15) is 10.4 Å². The van der Waals surface area contributed by atoms with Crippen LogP contribution in [0, 0.1) is 0 Å². The molecule has 1 N–H and O–H groups in total. The minimum atomic E-state index is -3.90. The Balaban J connectivity index is 1.68. The highest BCUT2D eigenvalue weighted by Crippen LogP contribution is 2.42. The van der Waals surface area contributed by atoms with Gasteiger partial charge in [0.1, 0.15) is 6.54 Å². The molecule has 0 radical (unpaired) electrons. The lowest BCUT2D eigenvalue weighted by molar-refractivity contribution is -0.114. The van der Waals surface area contributed by atoms with Crippen LogP contribution in [-0.4, -0.2) is 48.2 Å². The second kappa shape index (κ2) is 8.04. The zero-order valence-corrected chi connectivity index (χ0v) is 18.4. The molecular weight excluding hydrogens is 436 g/mol. The topological polar surface area (TPSA) is 111 Å². The van der Waals surface area contributed by atoms with Gasteiger partial charge in [-0.3, -0.25) is 9.10 Å². The zero-order chi connectivity index (χ0) is 23.0. The second-order valence-electron chi connectivity index (χ2n) is 6.94. The molecule has 0 unspecified atom stereocenters. The van der Waals surface area contributed by atoms with E-state index in [2.05, 4.69) is 5.32 Å². The van der Waals surface area contributed by atoms with Crippen LogP contribution in [-0.2, 0) is 19.6 Å². The quantitative estimate of drug-likeness (QED) is 0.568. The fraction of sp³-hybridized carbons (Fsp3) is 0.182. The Morgan fingerprint density at radius 3 is 2.28 bits per heavy atom. The lowest BCUT2D eigenvalue weighted by Gasteiger charge is -2.19. The maximum absolute atomic E-state index is 13.1. The average molecular weight is 456 g/mol. The first-order valence-corrected chi connectivity index (χ1v) is 10.9. The number of hydrogen-bond donors (Lipinski definition) is 1. The highest BCUT2D eigenvalue weighted by atomic mass is 32.2. The van der Waals surface area contributed by atoms with E-state index in [-0.39, 0.29) is 27.6 Å². The van der Waals surface area contributed by atoms with E-state index in [1.807, 2.05) is 12.1 Å². The Hall–Kier alpha value is -3.79. The summed E-state index contributed by atoms with van der Waals surface area (Å²) in [4.78, 5) is 25.3. The van der Waals surface area contributed by atoms with Crippen LogP contribution < -0.4 is 19.1 Å². The van der Waals surface area contributed by atoms with Gasteiger partial charge in [-0.2, -0.15) is 0 Å². The summed E-state index contributed by atoms with van der Waals surface area (Å²) in [7, 11) is 0.126. The molecule has 0 saturated carbocycles. The molecule has 3 aromatic carbocycles. The van der Waals surface area contributed by atoms with Crippen LogP contribution in [0.5, 0.6) is 11.5 Å². The molecule has 3 aromatic rings. The molecular formula is C22H20N2O7S. The predicted molar refractivity (Wildman–Crippen MR) is 118 cm³/mol. The third-order valence-corrected chi connectivity index (χ3v) is 6.97. The molecule has 1 heterocycles. The van der Waals surface area contributed by atoms with Gasteiger partial charge >= 0.3 is 5.97 Å². The van der Waals surface area contributed by atoms with Crippen molar-refractivity contribution in [1.82, 2.24) is 0 Å². The Kier molecular flexibility index (Phi) is 5.39. The number of rotatable bonds is 6. The van der Waals surface area contributed by atoms with Crippen molar-refractivity contribution < 1.29 is 32.2 Å². The molecule has 0 aromatic heterocycles. The number of carbonyl (C=O) groups is 2. The number of sulfonamides is 1. The molecule has 32 heavy (non-hydrogen) atoms. The molecule has 1 amide bonds. The maximum Gasteiger partial charge on any atom is 0.340 e. The Morgan fingerprint density at radius 1 is 0.969 bits per heavy atom. The first-order valence-electron chi connectivity index (χ1n) is 9.50. The van der Waals surface area contributed by atoms with Crippen molar-refractivity contribution in [1.29, 1.82) is 0 Å². The minimum absolute atomic E-state index is 0.0353. The van der Waals surface area contributed by atoms with Crippen molar-refractivity contribution in [3.05, 3.63) is 54.1 Å². The van der Waals surface area contributed by atoms with Gasteiger partial charge in [-0.1, -0.05) is 24.3 Å². The minimum Gasteiger partial charge on any atom is -0.493 e. The second-order valence-corrected chi connectivity index (χ2v) is 8.77. The number of amides is 1. The molecule has 0 spiro atoms. The SMILES string of the molecule is COC(=O)c1cc(OC)c(OC)cc1NC(=O)CN1c2cccc3cccc(c23)S1(=O)=O. The normalized spacial score (nSPS) is 13.7. The third kappa shape index (κ3) is 3.38. The number of nitrogens with zero attached hydrogens (tertiary/aromatic N) is 1. The molecule has 0 saturated heterocycles. The summed E-state index contributed by atoms with van der Waals surface area (Å²) in [6.07, 6.45) is 0. The number of carbonyl (C=O) groups excluding carboxylic acids is 2. The predicted octanol–water partition coefficient (Wildman–Crippen LogP) is 2.79. The van der Waals surface area contributed by atoms with Crippen LogP contribution in [0.2, 0.25) is 0 Å². The molecule has 4 rings (SSSR count). The largest absolute Gasteiger partial charge is 0.493 e. The van der Waals surface area contributed by atoms with E-state index < -0.39 is 28.4 Å². The van der Waals surface area contributed by atoms with Crippen molar-refractivity contribution in [3.63, 3.8) is 0 Å². The summed E-state index contributed by atoms with van der Waals surface area (Å²) in [5, 5.41) is 3.93. The molecule has 0 bridgehead atoms. The van der Waals surface area contributed by atoms with Crippen molar-refractivity contribution in [3.8, 4) is 11.5 Å². The maximum atomic E-state index is 13.1. The van der Waals surface area contributed by atoms with Gasteiger partial charge in [-0.25, -0.2) is 13.2 Å². The van der Waals surface area contributed by atoms with Crippen LogP contribution in [0.15, 0.2) is 53.4 Å². The molecule has 1 aliphatic heterocycles. The van der Waals surface area contributed by atoms with Gasteiger partial charge in [0.25, 0.3) is 10.0 Å². The zero-order valence-electron chi connectivity index (χ0n) is 17.5. The summed E-state index contributed by atoms with van der Waals surface area (Å²) in [6.45, 7) is -0.481. The first-order chi connectivity index (χ1) is 15.3. The van der Waals surface area contributed by atoms with E-state index in [1.54, 1.807) is 18.2 Å². The molecule has 9 nitrogen and oxygen atoms in total. The van der Waals surface area contributed by atoms with E-state index in [4.69, 9.17) is 14.2 Å².